The summed E-state index contributed by atoms with van der Waals surface area (Å²) in [5.74, 6) is 0.0313. The summed E-state index contributed by atoms with van der Waals surface area (Å²) in [6, 6.07) is 2.56. The average Bonchev–Trinajstić information content (AvgIpc) is 2.76. The van der Waals surface area contributed by atoms with Gasteiger partial charge in [-0.2, -0.15) is 4.39 Å². The number of nitrogens with zero attached hydrogens (tertiary/aromatic N) is 3. The van der Waals surface area contributed by atoms with Gasteiger partial charge < -0.3 is 9.88 Å². The van der Waals surface area contributed by atoms with Crippen molar-refractivity contribution >= 4 is 5.91 Å². The van der Waals surface area contributed by atoms with Crippen molar-refractivity contribution in [3.05, 3.63) is 48.1 Å². The molecule has 1 amide bonds. The molecule has 2 rings (SSSR count). The first kappa shape index (κ1) is 12.2. The van der Waals surface area contributed by atoms with E-state index in [0.29, 0.717) is 18.5 Å². The molecule has 0 bridgehead atoms. The van der Waals surface area contributed by atoms with E-state index in [4.69, 9.17) is 0 Å². The minimum atomic E-state index is -0.598. The Labute approximate surface area is 104 Å². The summed E-state index contributed by atoms with van der Waals surface area (Å²) in [7, 11) is 1.90. The largest absolute Gasteiger partial charge is 0.352 e. The van der Waals surface area contributed by atoms with E-state index in [-0.39, 0.29) is 5.91 Å². The summed E-state index contributed by atoms with van der Waals surface area (Å²) in [5, 5.41) is 2.73. The second kappa shape index (κ2) is 5.39. The van der Waals surface area contributed by atoms with Gasteiger partial charge in [0.2, 0.25) is 5.95 Å². The van der Waals surface area contributed by atoms with Gasteiger partial charge in [0.15, 0.2) is 0 Å². The lowest BCUT2D eigenvalue weighted by atomic mass is 10.2. The third-order valence-corrected chi connectivity index (χ3v) is 2.54. The highest BCUT2D eigenvalue weighted by Crippen LogP contribution is 1.99. The van der Waals surface area contributed by atoms with E-state index < -0.39 is 5.95 Å². The number of amides is 1. The van der Waals surface area contributed by atoms with Gasteiger partial charge in [0, 0.05) is 38.6 Å². The third kappa shape index (κ3) is 2.91. The lowest BCUT2D eigenvalue weighted by Gasteiger charge is -2.05. The molecule has 6 heteroatoms. The van der Waals surface area contributed by atoms with E-state index in [2.05, 4.69) is 15.3 Å². The summed E-state index contributed by atoms with van der Waals surface area (Å²) in [6.45, 7) is 0.473. The van der Waals surface area contributed by atoms with Crippen molar-refractivity contribution in [2.75, 3.05) is 6.54 Å². The van der Waals surface area contributed by atoms with Crippen LogP contribution < -0.4 is 5.32 Å². The fourth-order valence-electron chi connectivity index (χ4n) is 1.54. The molecule has 94 valence electrons. The quantitative estimate of drug-likeness (QED) is 0.819. The van der Waals surface area contributed by atoms with Gasteiger partial charge >= 0.3 is 0 Å². The van der Waals surface area contributed by atoms with Crippen LogP contribution in [0.3, 0.4) is 0 Å². The molecule has 2 heterocycles. The number of pyridine rings is 1. The Morgan fingerprint density at radius 3 is 2.89 bits per heavy atom. The van der Waals surface area contributed by atoms with E-state index in [1.807, 2.05) is 17.8 Å². The topological polar surface area (TPSA) is 59.8 Å². The van der Waals surface area contributed by atoms with Crippen molar-refractivity contribution in [1.29, 1.82) is 0 Å². The predicted octanol–water partition coefficient (Wildman–Crippen LogP) is 0.927. The summed E-state index contributed by atoms with van der Waals surface area (Å²) < 4.78 is 14.5. The molecule has 0 atom stereocenters. The Morgan fingerprint density at radius 1 is 1.44 bits per heavy atom. The molecule has 0 aliphatic carbocycles. The molecule has 1 N–H and O–H groups in total. The fourth-order valence-corrected chi connectivity index (χ4v) is 1.54. The Kier molecular flexibility index (Phi) is 3.66. The van der Waals surface area contributed by atoms with Gasteiger partial charge in [-0.1, -0.05) is 0 Å². The molecule has 0 aliphatic rings. The highest BCUT2D eigenvalue weighted by molar-refractivity contribution is 5.93. The second-order valence-corrected chi connectivity index (χ2v) is 3.83. The number of aromatic nitrogens is 3. The minimum absolute atomic E-state index is 0.267. The van der Waals surface area contributed by atoms with E-state index in [0.717, 1.165) is 11.9 Å². The highest BCUT2D eigenvalue weighted by Gasteiger charge is 2.06. The van der Waals surface area contributed by atoms with Gasteiger partial charge in [-0.25, -0.2) is 9.97 Å². The van der Waals surface area contributed by atoms with E-state index in [1.165, 1.54) is 12.3 Å². The van der Waals surface area contributed by atoms with Crippen LogP contribution in [0.4, 0.5) is 4.39 Å². The SMILES string of the molecule is Cn1ccnc1CCNC(=O)c1ccc(F)nc1. The van der Waals surface area contributed by atoms with E-state index >= 15 is 0 Å². The van der Waals surface area contributed by atoms with Crippen LogP contribution in [0, 0.1) is 5.95 Å². The van der Waals surface area contributed by atoms with Gasteiger partial charge in [0.1, 0.15) is 5.82 Å². The third-order valence-electron chi connectivity index (χ3n) is 2.54. The van der Waals surface area contributed by atoms with Crippen LogP contribution in [-0.2, 0) is 13.5 Å². The van der Waals surface area contributed by atoms with Crippen LogP contribution in [0.5, 0.6) is 0 Å². The Hall–Kier alpha value is -2.24. The molecular formula is C12H13FN4O. The van der Waals surface area contributed by atoms with Gasteiger partial charge in [0.05, 0.1) is 5.56 Å². The van der Waals surface area contributed by atoms with Crippen molar-refractivity contribution in [3.8, 4) is 0 Å². The molecule has 2 aromatic heterocycles. The molecule has 18 heavy (non-hydrogen) atoms. The zero-order valence-electron chi connectivity index (χ0n) is 9.93. The van der Waals surface area contributed by atoms with Crippen molar-refractivity contribution in [2.24, 2.45) is 7.05 Å². The summed E-state index contributed by atoms with van der Waals surface area (Å²) >= 11 is 0. The monoisotopic (exact) mass is 248 g/mol. The van der Waals surface area contributed by atoms with E-state index in [9.17, 15) is 9.18 Å². The number of halogens is 1. The lowest BCUT2D eigenvalue weighted by molar-refractivity contribution is 0.0953. The fraction of sp³-hybridized carbons (Fsp3) is 0.250. The summed E-state index contributed by atoms with van der Waals surface area (Å²) in [4.78, 5) is 19.2. The number of rotatable bonds is 4. The average molecular weight is 248 g/mol. The first-order chi connectivity index (χ1) is 8.66. The maximum absolute atomic E-state index is 12.6. The number of carbonyl (C=O) groups excluding carboxylic acids is 1. The predicted molar refractivity (Wildman–Crippen MR) is 63.4 cm³/mol. The molecule has 0 aliphatic heterocycles. The molecule has 2 aromatic rings. The zero-order valence-corrected chi connectivity index (χ0v) is 9.93. The number of carbonyl (C=O) groups is 1. The van der Waals surface area contributed by atoms with Crippen molar-refractivity contribution in [3.63, 3.8) is 0 Å². The van der Waals surface area contributed by atoms with Crippen LogP contribution >= 0.6 is 0 Å². The maximum atomic E-state index is 12.6. The number of nitrogens with one attached hydrogen (secondary N) is 1. The van der Waals surface area contributed by atoms with Crippen LogP contribution in [0.25, 0.3) is 0 Å². The van der Waals surface area contributed by atoms with Gasteiger partial charge in [-0.05, 0) is 12.1 Å². The van der Waals surface area contributed by atoms with Gasteiger partial charge in [-0.15, -0.1) is 0 Å². The number of imidazole rings is 1. The Balaban J connectivity index is 1.85. The molecular weight excluding hydrogens is 235 g/mol. The molecule has 0 spiro atoms. The van der Waals surface area contributed by atoms with Crippen LogP contribution in [0.2, 0.25) is 0 Å². The summed E-state index contributed by atoms with van der Waals surface area (Å²) in [6.07, 6.45) is 5.41. The van der Waals surface area contributed by atoms with Crippen molar-refractivity contribution in [2.45, 2.75) is 6.42 Å². The molecule has 0 fully saturated rings. The first-order valence-corrected chi connectivity index (χ1v) is 5.53. The maximum Gasteiger partial charge on any atom is 0.252 e. The smallest absolute Gasteiger partial charge is 0.252 e. The van der Waals surface area contributed by atoms with Crippen LogP contribution in [0.15, 0.2) is 30.7 Å². The standard InChI is InChI=1S/C12H13FN4O/c1-17-7-6-14-11(17)4-5-15-12(18)9-2-3-10(13)16-8-9/h2-3,6-8H,4-5H2,1H3,(H,15,18). The molecule has 0 unspecified atom stereocenters. The molecule has 0 radical (unpaired) electrons. The highest BCUT2D eigenvalue weighted by atomic mass is 19.1. The number of aryl methyl sites for hydroxylation is 1. The van der Waals surface area contributed by atoms with Crippen molar-refractivity contribution in [1.82, 2.24) is 19.9 Å². The molecule has 5 nitrogen and oxygen atoms in total. The zero-order chi connectivity index (χ0) is 13.0. The lowest BCUT2D eigenvalue weighted by Crippen LogP contribution is -2.26. The number of hydrogen-bond acceptors (Lipinski definition) is 3. The first-order valence-electron chi connectivity index (χ1n) is 5.53. The summed E-state index contributed by atoms with van der Waals surface area (Å²) in [5.41, 5.74) is 0.344. The minimum Gasteiger partial charge on any atom is -0.352 e. The Bertz CT molecular complexity index is 535. The van der Waals surface area contributed by atoms with Crippen molar-refractivity contribution < 1.29 is 9.18 Å². The Morgan fingerprint density at radius 2 is 2.28 bits per heavy atom. The normalized spacial score (nSPS) is 10.3. The van der Waals surface area contributed by atoms with Gasteiger partial charge in [0.25, 0.3) is 5.91 Å². The van der Waals surface area contributed by atoms with Gasteiger partial charge in [-0.3, -0.25) is 4.79 Å². The van der Waals surface area contributed by atoms with E-state index in [1.54, 1.807) is 6.20 Å². The van der Waals surface area contributed by atoms with Crippen LogP contribution in [0.1, 0.15) is 16.2 Å². The second-order valence-electron chi connectivity index (χ2n) is 3.83. The van der Waals surface area contributed by atoms with Crippen LogP contribution in [-0.4, -0.2) is 27.0 Å². The molecule has 0 saturated carbocycles. The number of hydrogen-bond donors (Lipinski definition) is 1. The molecule has 0 aromatic carbocycles. The molecule has 0 saturated heterocycles.